The summed E-state index contributed by atoms with van der Waals surface area (Å²) in [5, 5.41) is 21.8. The number of amides is 1. The quantitative estimate of drug-likeness (QED) is 0.499. The van der Waals surface area contributed by atoms with Gasteiger partial charge in [-0.1, -0.05) is 35.2 Å². The molecule has 10 heteroatoms. The number of carbonyl (C=O) groups excluding carboxylic acids is 1. The normalized spacial score (nSPS) is 13.4. The number of nitrogens with zero attached hydrogens (tertiary/aromatic N) is 5. The summed E-state index contributed by atoms with van der Waals surface area (Å²) in [6.07, 6.45) is 2.33. The fourth-order valence-electron chi connectivity index (χ4n) is 2.92. The Morgan fingerprint density at radius 3 is 2.87 bits per heavy atom. The van der Waals surface area contributed by atoms with E-state index in [0.29, 0.717) is 29.4 Å². The van der Waals surface area contributed by atoms with Crippen molar-refractivity contribution < 1.29 is 9.53 Å². The van der Waals surface area contributed by atoms with Gasteiger partial charge in [0.05, 0.1) is 5.75 Å². The Morgan fingerprint density at radius 2 is 2.10 bits per heavy atom. The van der Waals surface area contributed by atoms with E-state index in [1.165, 1.54) is 35.9 Å². The number of thioether (sulfide) groups is 1. The second-order valence-corrected chi connectivity index (χ2v) is 9.21. The highest BCUT2D eigenvalue weighted by atomic mass is 32.2. The van der Waals surface area contributed by atoms with Crippen molar-refractivity contribution in [1.29, 1.82) is 0 Å². The van der Waals surface area contributed by atoms with Crippen molar-refractivity contribution in [1.82, 2.24) is 25.0 Å². The summed E-state index contributed by atoms with van der Waals surface area (Å²) < 4.78 is 7.94. The maximum atomic E-state index is 12.3. The molecule has 0 atom stereocenters. The van der Waals surface area contributed by atoms with Gasteiger partial charge >= 0.3 is 0 Å². The summed E-state index contributed by atoms with van der Waals surface area (Å²) >= 11 is 2.81. The summed E-state index contributed by atoms with van der Waals surface area (Å²) in [5.41, 5.74) is 2.23. The topological polar surface area (TPSA) is 94.8 Å². The average Bonchev–Trinajstić information content (AvgIpc) is 3.35. The number of nitrogens with one attached hydrogen (secondary N) is 1. The van der Waals surface area contributed by atoms with Crippen LogP contribution in [-0.2, 0) is 17.9 Å². The molecule has 4 rings (SSSR count). The van der Waals surface area contributed by atoms with E-state index in [-0.39, 0.29) is 11.7 Å². The molecular weight excluding hydrogens is 420 g/mol. The Labute approximate surface area is 183 Å². The molecule has 1 N–H and O–H groups in total. The lowest BCUT2D eigenvalue weighted by molar-refractivity contribution is -0.113. The summed E-state index contributed by atoms with van der Waals surface area (Å²) in [6, 6.07) is 6.12. The number of anilines is 1. The standard InChI is InChI=1S/C20H24N6O2S2/c1-4-26-16(10-28-15-9-12(2)5-6-13(15)3)22-25-20(26)29-11-17(27)21-19-24-23-18(30-19)14-7-8-14/h5-6,9,14H,4,7-8,10-11H2,1-3H3,(H,21,24,27). The lowest BCUT2D eigenvalue weighted by Crippen LogP contribution is -2.14. The van der Waals surface area contributed by atoms with E-state index in [0.717, 1.165) is 27.7 Å². The first-order chi connectivity index (χ1) is 14.5. The van der Waals surface area contributed by atoms with Gasteiger partial charge in [0.15, 0.2) is 11.0 Å². The van der Waals surface area contributed by atoms with Gasteiger partial charge in [-0.25, -0.2) is 0 Å². The van der Waals surface area contributed by atoms with E-state index in [4.69, 9.17) is 4.74 Å². The van der Waals surface area contributed by atoms with Gasteiger partial charge in [-0.3, -0.25) is 10.1 Å². The van der Waals surface area contributed by atoms with E-state index in [1.54, 1.807) is 0 Å². The molecule has 1 saturated carbocycles. The van der Waals surface area contributed by atoms with E-state index < -0.39 is 0 Å². The van der Waals surface area contributed by atoms with E-state index in [1.807, 2.05) is 37.5 Å². The Morgan fingerprint density at radius 1 is 1.27 bits per heavy atom. The number of carbonyl (C=O) groups is 1. The van der Waals surface area contributed by atoms with Crippen LogP contribution < -0.4 is 10.1 Å². The van der Waals surface area contributed by atoms with Crippen molar-refractivity contribution in [3.8, 4) is 5.75 Å². The first kappa shape index (κ1) is 20.8. The Bertz CT molecular complexity index is 1040. The number of aromatic nitrogens is 5. The van der Waals surface area contributed by atoms with Crippen molar-refractivity contribution in [3.63, 3.8) is 0 Å². The van der Waals surface area contributed by atoms with Crippen LogP contribution in [0.4, 0.5) is 5.13 Å². The number of hydrogen-bond acceptors (Lipinski definition) is 8. The third-order valence-electron chi connectivity index (χ3n) is 4.76. The average molecular weight is 445 g/mol. The minimum absolute atomic E-state index is 0.127. The smallest absolute Gasteiger partial charge is 0.236 e. The highest BCUT2D eigenvalue weighted by Crippen LogP contribution is 2.42. The van der Waals surface area contributed by atoms with Crippen LogP contribution in [0.15, 0.2) is 23.4 Å². The molecule has 2 heterocycles. The number of hydrogen-bond donors (Lipinski definition) is 1. The summed E-state index contributed by atoms with van der Waals surface area (Å²) in [7, 11) is 0. The highest BCUT2D eigenvalue weighted by Gasteiger charge is 2.27. The molecule has 1 amide bonds. The molecule has 1 fully saturated rings. The fourth-order valence-corrected chi connectivity index (χ4v) is 4.67. The lowest BCUT2D eigenvalue weighted by Gasteiger charge is -2.11. The van der Waals surface area contributed by atoms with Gasteiger partial charge in [-0.2, -0.15) is 0 Å². The van der Waals surface area contributed by atoms with Gasteiger partial charge < -0.3 is 9.30 Å². The van der Waals surface area contributed by atoms with Gasteiger partial charge in [0.2, 0.25) is 11.0 Å². The molecule has 8 nitrogen and oxygen atoms in total. The zero-order valence-electron chi connectivity index (χ0n) is 17.2. The molecule has 3 aromatic rings. The molecule has 0 spiro atoms. The largest absolute Gasteiger partial charge is 0.485 e. The fraction of sp³-hybridized carbons (Fsp3) is 0.450. The van der Waals surface area contributed by atoms with Crippen molar-refractivity contribution in [2.24, 2.45) is 0 Å². The van der Waals surface area contributed by atoms with Gasteiger partial charge in [-0.15, -0.1) is 20.4 Å². The molecule has 1 aliphatic rings. The van der Waals surface area contributed by atoms with Gasteiger partial charge in [0.1, 0.15) is 17.4 Å². The van der Waals surface area contributed by atoms with Crippen molar-refractivity contribution in [2.45, 2.75) is 57.8 Å². The number of ether oxygens (including phenoxy) is 1. The first-order valence-corrected chi connectivity index (χ1v) is 11.7. The van der Waals surface area contributed by atoms with Crippen LogP contribution in [0.2, 0.25) is 0 Å². The molecule has 158 valence electrons. The van der Waals surface area contributed by atoms with Gasteiger partial charge in [0, 0.05) is 12.5 Å². The molecule has 1 aromatic carbocycles. The van der Waals surface area contributed by atoms with Crippen LogP contribution >= 0.6 is 23.1 Å². The lowest BCUT2D eigenvalue weighted by atomic mass is 10.1. The third-order valence-corrected chi connectivity index (χ3v) is 6.72. The number of rotatable bonds is 9. The second-order valence-electron chi connectivity index (χ2n) is 7.26. The summed E-state index contributed by atoms with van der Waals surface area (Å²) in [5.74, 6) is 2.22. The Balaban J connectivity index is 1.33. The minimum Gasteiger partial charge on any atom is -0.485 e. The third kappa shape index (κ3) is 4.99. The van der Waals surface area contributed by atoms with Gasteiger partial charge in [-0.05, 0) is 50.8 Å². The van der Waals surface area contributed by atoms with Crippen molar-refractivity contribution >= 4 is 34.1 Å². The molecule has 0 aliphatic heterocycles. The van der Waals surface area contributed by atoms with Crippen LogP contribution in [0.5, 0.6) is 5.75 Å². The minimum atomic E-state index is -0.127. The van der Waals surface area contributed by atoms with Crippen LogP contribution in [0.1, 0.15) is 47.6 Å². The predicted molar refractivity (Wildman–Crippen MR) is 117 cm³/mol. The van der Waals surface area contributed by atoms with Crippen molar-refractivity contribution in [2.75, 3.05) is 11.1 Å². The molecule has 30 heavy (non-hydrogen) atoms. The predicted octanol–water partition coefficient (Wildman–Crippen LogP) is 3.95. The Kier molecular flexibility index (Phi) is 6.33. The number of aryl methyl sites for hydroxylation is 2. The maximum absolute atomic E-state index is 12.3. The highest BCUT2D eigenvalue weighted by molar-refractivity contribution is 7.99. The molecule has 0 bridgehead atoms. The maximum Gasteiger partial charge on any atom is 0.236 e. The second kappa shape index (κ2) is 9.13. The number of benzene rings is 1. The zero-order valence-corrected chi connectivity index (χ0v) is 18.8. The van der Waals surface area contributed by atoms with E-state index in [2.05, 4.69) is 31.8 Å². The SMILES string of the molecule is CCn1c(COc2cc(C)ccc2C)nnc1SCC(=O)Nc1nnc(C2CC2)s1. The molecule has 2 aromatic heterocycles. The van der Waals surface area contributed by atoms with E-state index in [9.17, 15) is 4.79 Å². The van der Waals surface area contributed by atoms with Crippen LogP contribution in [-0.4, -0.2) is 36.6 Å². The molecule has 1 aliphatic carbocycles. The van der Waals surface area contributed by atoms with Crippen LogP contribution in [0.25, 0.3) is 0 Å². The van der Waals surface area contributed by atoms with Crippen molar-refractivity contribution in [3.05, 3.63) is 40.2 Å². The Hall–Kier alpha value is -2.46. The molecular formula is C20H24N6O2S2. The first-order valence-electron chi connectivity index (χ1n) is 9.91. The van der Waals surface area contributed by atoms with Gasteiger partial charge in [0.25, 0.3) is 0 Å². The summed E-state index contributed by atoms with van der Waals surface area (Å²) in [4.78, 5) is 12.3. The molecule has 0 saturated heterocycles. The van der Waals surface area contributed by atoms with Crippen LogP contribution in [0, 0.1) is 13.8 Å². The zero-order chi connectivity index (χ0) is 21.1. The monoisotopic (exact) mass is 444 g/mol. The van der Waals surface area contributed by atoms with Crippen LogP contribution in [0.3, 0.4) is 0 Å². The van der Waals surface area contributed by atoms with E-state index >= 15 is 0 Å². The molecule has 0 unspecified atom stereocenters. The molecule has 0 radical (unpaired) electrons. The summed E-state index contributed by atoms with van der Waals surface area (Å²) in [6.45, 7) is 7.10.